The van der Waals surface area contributed by atoms with Crippen LogP contribution in [0.25, 0.3) is 0 Å². The smallest absolute Gasteiger partial charge is 0.258 e. The van der Waals surface area contributed by atoms with Gasteiger partial charge in [0, 0.05) is 11.8 Å². The van der Waals surface area contributed by atoms with Gasteiger partial charge in [0.2, 0.25) is 0 Å². The van der Waals surface area contributed by atoms with Crippen LogP contribution in [0, 0.1) is 25.1 Å². The molecule has 0 aliphatic heterocycles. The summed E-state index contributed by atoms with van der Waals surface area (Å²) in [5, 5.41) is 19.2. The van der Waals surface area contributed by atoms with Crippen molar-refractivity contribution in [3.8, 4) is 6.07 Å². The SMILES string of the molecule is N#CCc1c(C(F)F)cnc(I)c1[N+](=O)[O-]. The summed E-state index contributed by atoms with van der Waals surface area (Å²) in [4.78, 5) is 13.4. The molecule has 0 spiro atoms. The molecule has 0 radical (unpaired) electrons. The van der Waals surface area contributed by atoms with Crippen LogP contribution in [0.2, 0.25) is 0 Å². The normalized spacial score (nSPS) is 10.2. The summed E-state index contributed by atoms with van der Waals surface area (Å²) in [6.45, 7) is 0. The van der Waals surface area contributed by atoms with Crippen molar-refractivity contribution in [2.24, 2.45) is 0 Å². The predicted molar refractivity (Wildman–Crippen MR) is 57.9 cm³/mol. The van der Waals surface area contributed by atoms with Crippen LogP contribution in [0.15, 0.2) is 6.20 Å². The first-order valence-corrected chi connectivity index (χ1v) is 5.03. The summed E-state index contributed by atoms with van der Waals surface area (Å²) in [5.41, 5.74) is -1.34. The lowest BCUT2D eigenvalue weighted by Crippen LogP contribution is -2.05. The first kappa shape index (κ1) is 12.7. The summed E-state index contributed by atoms with van der Waals surface area (Å²) < 4.78 is 25.1. The summed E-state index contributed by atoms with van der Waals surface area (Å²) in [7, 11) is 0. The number of nitriles is 1. The molecule has 0 unspecified atom stereocenters. The average Bonchev–Trinajstić information content (AvgIpc) is 2.17. The van der Waals surface area contributed by atoms with Gasteiger partial charge in [-0.2, -0.15) is 5.26 Å². The monoisotopic (exact) mass is 339 g/mol. The average molecular weight is 339 g/mol. The number of nitrogens with zero attached hydrogens (tertiary/aromatic N) is 3. The van der Waals surface area contributed by atoms with Gasteiger partial charge in [0.15, 0.2) is 3.70 Å². The molecule has 8 heteroatoms. The number of halogens is 3. The summed E-state index contributed by atoms with van der Waals surface area (Å²) in [6.07, 6.45) is -2.45. The highest BCUT2D eigenvalue weighted by Gasteiger charge is 2.26. The minimum absolute atomic E-state index is 0.00255. The van der Waals surface area contributed by atoms with Gasteiger partial charge in [0.25, 0.3) is 6.43 Å². The molecule has 84 valence electrons. The van der Waals surface area contributed by atoms with Crippen molar-refractivity contribution in [1.29, 1.82) is 5.26 Å². The number of aromatic nitrogens is 1. The lowest BCUT2D eigenvalue weighted by atomic mass is 10.1. The Kier molecular flexibility index (Phi) is 4.05. The van der Waals surface area contributed by atoms with Gasteiger partial charge < -0.3 is 0 Å². The van der Waals surface area contributed by atoms with E-state index in [1.54, 1.807) is 28.7 Å². The molecule has 0 atom stereocenters. The largest absolute Gasteiger partial charge is 0.305 e. The van der Waals surface area contributed by atoms with Crippen molar-refractivity contribution in [3.63, 3.8) is 0 Å². The second kappa shape index (κ2) is 5.11. The molecule has 1 aromatic heterocycles. The Morgan fingerprint density at radius 1 is 1.69 bits per heavy atom. The topological polar surface area (TPSA) is 79.8 Å². The van der Waals surface area contributed by atoms with Crippen molar-refractivity contribution in [2.75, 3.05) is 0 Å². The van der Waals surface area contributed by atoms with E-state index in [1.165, 1.54) is 0 Å². The molecule has 0 aromatic carbocycles. The van der Waals surface area contributed by atoms with Crippen molar-refractivity contribution in [2.45, 2.75) is 12.8 Å². The molecule has 1 aromatic rings. The number of pyridine rings is 1. The van der Waals surface area contributed by atoms with Gasteiger partial charge in [0.1, 0.15) is 0 Å². The van der Waals surface area contributed by atoms with Crippen molar-refractivity contribution < 1.29 is 13.7 Å². The van der Waals surface area contributed by atoms with Crippen LogP contribution < -0.4 is 0 Å². The van der Waals surface area contributed by atoms with Crippen LogP contribution in [0.4, 0.5) is 14.5 Å². The lowest BCUT2D eigenvalue weighted by molar-refractivity contribution is -0.386. The van der Waals surface area contributed by atoms with Gasteiger partial charge in [-0.15, -0.1) is 0 Å². The molecule has 1 rings (SSSR count). The van der Waals surface area contributed by atoms with Gasteiger partial charge in [0.05, 0.1) is 23.0 Å². The zero-order valence-corrected chi connectivity index (χ0v) is 9.81. The Labute approximate surface area is 102 Å². The molecule has 0 fully saturated rings. The van der Waals surface area contributed by atoms with Gasteiger partial charge in [-0.1, -0.05) is 0 Å². The highest BCUT2D eigenvalue weighted by molar-refractivity contribution is 14.1. The van der Waals surface area contributed by atoms with Crippen molar-refractivity contribution >= 4 is 28.3 Å². The third-order valence-electron chi connectivity index (χ3n) is 1.82. The molecule has 0 bridgehead atoms. The molecule has 1 heterocycles. The molecule has 0 N–H and O–H groups in total. The quantitative estimate of drug-likeness (QED) is 0.367. The van der Waals surface area contributed by atoms with Gasteiger partial charge in [-0.05, 0) is 22.6 Å². The molecule has 5 nitrogen and oxygen atoms in total. The van der Waals surface area contributed by atoms with Crippen LogP contribution >= 0.6 is 22.6 Å². The molecule has 0 amide bonds. The Morgan fingerprint density at radius 2 is 2.31 bits per heavy atom. The van der Waals surface area contributed by atoms with E-state index in [0.29, 0.717) is 0 Å². The Morgan fingerprint density at radius 3 is 2.75 bits per heavy atom. The minimum atomic E-state index is -2.88. The van der Waals surface area contributed by atoms with Gasteiger partial charge >= 0.3 is 5.69 Å². The molecule has 0 saturated carbocycles. The molecular formula is C8H4F2IN3O2. The fraction of sp³-hybridized carbons (Fsp3) is 0.250. The highest BCUT2D eigenvalue weighted by atomic mass is 127. The van der Waals surface area contributed by atoms with Crippen LogP contribution in [0.1, 0.15) is 17.6 Å². The van der Waals surface area contributed by atoms with Crippen LogP contribution in [0.3, 0.4) is 0 Å². The zero-order valence-electron chi connectivity index (χ0n) is 7.65. The van der Waals surface area contributed by atoms with Crippen molar-refractivity contribution in [1.82, 2.24) is 4.98 Å². The lowest BCUT2D eigenvalue weighted by Gasteiger charge is -2.06. The van der Waals surface area contributed by atoms with E-state index >= 15 is 0 Å². The number of hydrogen-bond donors (Lipinski definition) is 0. The fourth-order valence-corrected chi connectivity index (χ4v) is 1.83. The van der Waals surface area contributed by atoms with Gasteiger partial charge in [-0.3, -0.25) is 10.1 Å². The third kappa shape index (κ3) is 2.41. The second-order valence-corrected chi connectivity index (χ2v) is 3.75. The van der Waals surface area contributed by atoms with E-state index in [0.717, 1.165) is 6.20 Å². The standard InChI is InChI=1S/C8H4F2IN3O2/c9-7(10)5-3-13-8(11)6(14(15)16)4(5)1-2-12/h3,7H,1H2. The number of hydrogen-bond acceptors (Lipinski definition) is 4. The summed E-state index contributed by atoms with van der Waals surface area (Å²) in [5.74, 6) is 0. The van der Waals surface area contributed by atoms with Crippen LogP contribution in [-0.4, -0.2) is 9.91 Å². The van der Waals surface area contributed by atoms with Crippen LogP contribution in [0.5, 0.6) is 0 Å². The highest BCUT2D eigenvalue weighted by Crippen LogP contribution is 2.32. The van der Waals surface area contributed by atoms with E-state index in [9.17, 15) is 18.9 Å². The number of nitro groups is 1. The molecule has 16 heavy (non-hydrogen) atoms. The summed E-state index contributed by atoms with van der Waals surface area (Å²) >= 11 is 1.57. The molecule has 0 aliphatic carbocycles. The van der Waals surface area contributed by atoms with Gasteiger partial charge in [-0.25, -0.2) is 13.8 Å². The van der Waals surface area contributed by atoms with E-state index in [1.807, 2.05) is 0 Å². The van der Waals surface area contributed by atoms with E-state index < -0.39 is 29.0 Å². The first-order chi connectivity index (χ1) is 7.49. The Hall–Kier alpha value is -1.37. The second-order valence-electron chi connectivity index (χ2n) is 2.72. The maximum absolute atomic E-state index is 12.6. The van der Waals surface area contributed by atoms with E-state index in [-0.39, 0.29) is 9.26 Å². The summed E-state index contributed by atoms with van der Waals surface area (Å²) in [6, 6.07) is 1.63. The molecule has 0 saturated heterocycles. The minimum Gasteiger partial charge on any atom is -0.258 e. The zero-order chi connectivity index (χ0) is 12.3. The molecule has 0 aliphatic rings. The van der Waals surface area contributed by atoms with Crippen molar-refractivity contribution in [3.05, 3.63) is 31.1 Å². The Balaban J connectivity index is 3.51. The third-order valence-corrected chi connectivity index (χ3v) is 2.61. The fourth-order valence-electron chi connectivity index (χ4n) is 1.16. The maximum atomic E-state index is 12.6. The number of alkyl halides is 2. The molecular weight excluding hydrogens is 335 g/mol. The predicted octanol–water partition coefficient (Wildman–Crippen LogP) is 2.60. The van der Waals surface area contributed by atoms with E-state index in [2.05, 4.69) is 4.98 Å². The number of rotatable bonds is 3. The maximum Gasteiger partial charge on any atom is 0.305 e. The Bertz CT molecular complexity index is 473. The van der Waals surface area contributed by atoms with E-state index in [4.69, 9.17) is 5.26 Å². The van der Waals surface area contributed by atoms with Crippen LogP contribution in [-0.2, 0) is 6.42 Å². The first-order valence-electron chi connectivity index (χ1n) is 3.95.